The van der Waals surface area contributed by atoms with Gasteiger partial charge in [-0.05, 0) is 62.7 Å². The maximum atomic E-state index is 12.4. The van der Waals surface area contributed by atoms with Crippen LogP contribution in [0.2, 0.25) is 0 Å². The van der Waals surface area contributed by atoms with Gasteiger partial charge in [-0.15, -0.1) is 0 Å². The molecule has 3 rings (SSSR count). The zero-order valence-electron chi connectivity index (χ0n) is 14.1. The van der Waals surface area contributed by atoms with Crippen molar-refractivity contribution in [1.82, 2.24) is 14.8 Å². The van der Waals surface area contributed by atoms with Crippen LogP contribution < -0.4 is 5.32 Å². The Kier molecular flexibility index (Phi) is 5.49. The van der Waals surface area contributed by atoms with Crippen LogP contribution in [0.4, 0.5) is 10.6 Å². The van der Waals surface area contributed by atoms with Crippen LogP contribution in [0.15, 0.2) is 24.4 Å². The summed E-state index contributed by atoms with van der Waals surface area (Å²) in [5.74, 6) is 2.11. The van der Waals surface area contributed by atoms with Crippen molar-refractivity contribution in [2.75, 3.05) is 38.0 Å². The molecular formula is C18H28N4O. The average Bonchev–Trinajstić information content (AvgIpc) is 2.58. The zero-order valence-corrected chi connectivity index (χ0v) is 14.1. The zero-order chi connectivity index (χ0) is 16.1. The highest BCUT2D eigenvalue weighted by molar-refractivity contribution is 5.88. The first kappa shape index (κ1) is 16.2. The predicted molar refractivity (Wildman–Crippen MR) is 92.4 cm³/mol. The second-order valence-corrected chi connectivity index (χ2v) is 7.08. The summed E-state index contributed by atoms with van der Waals surface area (Å²) >= 11 is 0. The minimum absolute atomic E-state index is 0.0133. The number of urea groups is 1. The van der Waals surface area contributed by atoms with Crippen LogP contribution in [-0.4, -0.2) is 53.5 Å². The number of nitrogens with zero attached hydrogens (tertiary/aromatic N) is 3. The molecule has 5 heteroatoms. The van der Waals surface area contributed by atoms with Crippen molar-refractivity contribution >= 4 is 11.8 Å². The Hall–Kier alpha value is -1.62. The van der Waals surface area contributed by atoms with Gasteiger partial charge in [0, 0.05) is 25.8 Å². The monoisotopic (exact) mass is 316 g/mol. The number of hydrogen-bond donors (Lipinski definition) is 1. The largest absolute Gasteiger partial charge is 0.324 e. The third kappa shape index (κ3) is 4.67. The topological polar surface area (TPSA) is 48.5 Å². The maximum Gasteiger partial charge on any atom is 0.323 e. The maximum absolute atomic E-state index is 12.4. The van der Waals surface area contributed by atoms with Gasteiger partial charge in [0.05, 0.1) is 0 Å². The number of likely N-dealkylation sites (tertiary alicyclic amines) is 2. The molecule has 1 atom stereocenters. The number of anilines is 1. The van der Waals surface area contributed by atoms with Crippen molar-refractivity contribution in [3.8, 4) is 0 Å². The lowest BCUT2D eigenvalue weighted by Gasteiger charge is -2.37. The van der Waals surface area contributed by atoms with E-state index in [1.165, 1.54) is 32.4 Å². The van der Waals surface area contributed by atoms with Crippen molar-refractivity contribution in [1.29, 1.82) is 0 Å². The molecule has 0 spiro atoms. The van der Waals surface area contributed by atoms with Crippen LogP contribution in [0, 0.1) is 11.8 Å². The van der Waals surface area contributed by atoms with Crippen LogP contribution in [-0.2, 0) is 0 Å². The Morgan fingerprint density at radius 1 is 1.26 bits per heavy atom. The molecule has 2 aliphatic heterocycles. The molecule has 2 aliphatic rings. The van der Waals surface area contributed by atoms with Crippen LogP contribution in [0.3, 0.4) is 0 Å². The Morgan fingerprint density at radius 3 is 2.83 bits per heavy atom. The molecule has 0 aliphatic carbocycles. The summed E-state index contributed by atoms with van der Waals surface area (Å²) < 4.78 is 0. The van der Waals surface area contributed by atoms with Gasteiger partial charge in [-0.25, -0.2) is 9.78 Å². The lowest BCUT2D eigenvalue weighted by molar-refractivity contribution is 0.124. The Bertz CT molecular complexity index is 499. The smallest absolute Gasteiger partial charge is 0.323 e. The molecule has 1 unspecified atom stereocenters. The van der Waals surface area contributed by atoms with E-state index in [-0.39, 0.29) is 6.03 Å². The van der Waals surface area contributed by atoms with Gasteiger partial charge >= 0.3 is 6.03 Å². The Labute approximate surface area is 139 Å². The number of rotatable bonds is 3. The van der Waals surface area contributed by atoms with E-state index in [1.54, 1.807) is 6.20 Å². The van der Waals surface area contributed by atoms with E-state index in [0.717, 1.165) is 32.0 Å². The van der Waals surface area contributed by atoms with Crippen molar-refractivity contribution in [2.45, 2.75) is 32.6 Å². The summed E-state index contributed by atoms with van der Waals surface area (Å²) in [6.45, 7) is 7.65. The van der Waals surface area contributed by atoms with Gasteiger partial charge in [-0.3, -0.25) is 5.32 Å². The summed E-state index contributed by atoms with van der Waals surface area (Å²) in [5, 5.41) is 2.90. The molecule has 0 saturated carbocycles. The minimum atomic E-state index is -0.0133. The van der Waals surface area contributed by atoms with Gasteiger partial charge in [-0.1, -0.05) is 13.0 Å². The first-order chi connectivity index (χ1) is 11.2. The summed E-state index contributed by atoms with van der Waals surface area (Å²) in [6.07, 6.45) is 6.67. The lowest BCUT2D eigenvalue weighted by Crippen LogP contribution is -2.46. The van der Waals surface area contributed by atoms with Gasteiger partial charge in [0.25, 0.3) is 0 Å². The van der Waals surface area contributed by atoms with Gasteiger partial charge < -0.3 is 9.80 Å². The first-order valence-corrected chi connectivity index (χ1v) is 8.90. The summed E-state index contributed by atoms with van der Waals surface area (Å²) in [7, 11) is 0. The number of amides is 2. The molecule has 1 N–H and O–H groups in total. The van der Waals surface area contributed by atoms with E-state index in [1.807, 2.05) is 23.1 Å². The average molecular weight is 316 g/mol. The van der Waals surface area contributed by atoms with Gasteiger partial charge in [-0.2, -0.15) is 0 Å². The number of hydrogen-bond acceptors (Lipinski definition) is 3. The molecule has 0 bridgehead atoms. The van der Waals surface area contributed by atoms with E-state index in [9.17, 15) is 4.79 Å². The Balaban J connectivity index is 1.48. The molecule has 2 amide bonds. The first-order valence-electron chi connectivity index (χ1n) is 8.90. The number of carbonyl (C=O) groups is 1. The fourth-order valence-electron chi connectivity index (χ4n) is 3.63. The van der Waals surface area contributed by atoms with E-state index in [2.05, 4.69) is 22.1 Å². The molecule has 3 heterocycles. The van der Waals surface area contributed by atoms with Crippen molar-refractivity contribution in [2.24, 2.45) is 11.8 Å². The molecule has 2 fully saturated rings. The second kappa shape index (κ2) is 7.77. The van der Waals surface area contributed by atoms with Crippen LogP contribution in [0.5, 0.6) is 0 Å². The molecular weight excluding hydrogens is 288 g/mol. The molecule has 126 valence electrons. The fourth-order valence-corrected chi connectivity index (χ4v) is 3.63. The summed E-state index contributed by atoms with van der Waals surface area (Å²) in [4.78, 5) is 21.1. The normalized spacial score (nSPS) is 23.7. The number of pyridine rings is 1. The van der Waals surface area contributed by atoms with Crippen LogP contribution in [0.25, 0.3) is 0 Å². The van der Waals surface area contributed by atoms with Crippen molar-refractivity contribution in [3.05, 3.63) is 24.4 Å². The third-order valence-corrected chi connectivity index (χ3v) is 5.10. The highest BCUT2D eigenvalue weighted by atomic mass is 16.2. The highest BCUT2D eigenvalue weighted by Gasteiger charge is 2.26. The number of aromatic nitrogens is 1. The predicted octanol–water partition coefficient (Wildman–Crippen LogP) is 3.06. The Morgan fingerprint density at radius 2 is 2.09 bits per heavy atom. The standard InChI is InChI=1S/C18H28N4O/c1-15-7-11-21(12-8-15)13-16-5-4-10-22(14-16)18(23)20-17-6-2-3-9-19-17/h2-3,6,9,15-16H,4-5,7-8,10-14H2,1H3,(H,19,20,23). The van der Waals surface area contributed by atoms with Crippen molar-refractivity contribution < 1.29 is 4.79 Å². The van der Waals surface area contributed by atoms with Crippen LogP contribution >= 0.6 is 0 Å². The summed E-state index contributed by atoms with van der Waals surface area (Å²) in [5.41, 5.74) is 0. The quantitative estimate of drug-likeness (QED) is 0.932. The molecule has 1 aromatic heterocycles. The van der Waals surface area contributed by atoms with Gasteiger partial charge in [0.15, 0.2) is 0 Å². The third-order valence-electron chi connectivity index (χ3n) is 5.10. The van der Waals surface area contributed by atoms with Crippen LogP contribution in [0.1, 0.15) is 32.6 Å². The molecule has 0 aromatic carbocycles. The van der Waals surface area contributed by atoms with E-state index >= 15 is 0 Å². The van der Waals surface area contributed by atoms with Gasteiger partial charge in [0.2, 0.25) is 0 Å². The second-order valence-electron chi connectivity index (χ2n) is 7.08. The van der Waals surface area contributed by atoms with Gasteiger partial charge in [0.1, 0.15) is 5.82 Å². The molecule has 1 aromatic rings. The number of piperidine rings is 2. The van der Waals surface area contributed by atoms with E-state index in [0.29, 0.717) is 11.7 Å². The lowest BCUT2D eigenvalue weighted by atomic mass is 9.94. The molecule has 0 radical (unpaired) electrons. The van der Waals surface area contributed by atoms with E-state index < -0.39 is 0 Å². The van der Waals surface area contributed by atoms with Crippen molar-refractivity contribution in [3.63, 3.8) is 0 Å². The van der Waals surface area contributed by atoms with E-state index in [4.69, 9.17) is 0 Å². The summed E-state index contributed by atoms with van der Waals surface area (Å²) in [6, 6.07) is 5.56. The molecule has 5 nitrogen and oxygen atoms in total. The molecule has 2 saturated heterocycles. The molecule has 23 heavy (non-hydrogen) atoms. The highest BCUT2D eigenvalue weighted by Crippen LogP contribution is 2.22. The number of nitrogens with one attached hydrogen (secondary N) is 1. The SMILES string of the molecule is CC1CCN(CC2CCCN(C(=O)Nc3ccccn3)C2)CC1. The minimum Gasteiger partial charge on any atom is -0.324 e. The fraction of sp³-hybridized carbons (Fsp3) is 0.667. The number of carbonyl (C=O) groups excluding carboxylic acids is 1.